The molecule has 0 aromatic heterocycles. The second kappa shape index (κ2) is 15.6. The van der Waals surface area contributed by atoms with Crippen molar-refractivity contribution < 1.29 is 99.5 Å². The van der Waals surface area contributed by atoms with E-state index < -0.39 is 149 Å². The Hall–Kier alpha value is -0.800. The lowest BCUT2D eigenvalue weighted by Crippen LogP contribution is -2.67. The van der Waals surface area contributed by atoms with Crippen LogP contribution in [-0.4, -0.2) is 210 Å². The van der Waals surface area contributed by atoms with Crippen molar-refractivity contribution in [1.82, 2.24) is 0 Å². The molecular formula is C25H44O20. The van der Waals surface area contributed by atoms with E-state index in [0.29, 0.717) is 0 Å². The highest BCUT2D eigenvalue weighted by atomic mass is 16.8. The standard InChI is InChI=1S/C25H44O20/c1-6-7(2-26)39-22(16(35)11(6)30)43-20-9(4-28)41-23(18(37)14(20)33)44-21-10(5-29)42-25(19(38)15(21)34)45-24-17(36)13(32)12(31)8(3-27)40-24/h6-38H,2-5H2,1H3. The van der Waals surface area contributed by atoms with E-state index in [2.05, 4.69) is 0 Å². The predicted molar refractivity (Wildman–Crippen MR) is 137 cm³/mol. The molecule has 4 aliphatic heterocycles. The van der Waals surface area contributed by atoms with E-state index in [4.69, 9.17) is 33.2 Å². The van der Waals surface area contributed by atoms with Crippen LogP contribution in [0.1, 0.15) is 6.92 Å². The van der Waals surface area contributed by atoms with Crippen LogP contribution in [0.5, 0.6) is 0 Å². The molecule has 45 heavy (non-hydrogen) atoms. The molecule has 4 aliphatic rings. The summed E-state index contributed by atoms with van der Waals surface area (Å²) in [4.78, 5) is 0. The van der Waals surface area contributed by atoms with Crippen molar-refractivity contribution in [1.29, 1.82) is 0 Å². The molecule has 0 aromatic rings. The van der Waals surface area contributed by atoms with E-state index in [-0.39, 0.29) is 0 Å². The summed E-state index contributed by atoms with van der Waals surface area (Å²) < 4.78 is 38.3. The predicted octanol–water partition coefficient (Wildman–Crippen LogP) is -8.47. The van der Waals surface area contributed by atoms with Crippen LogP contribution in [0.25, 0.3) is 0 Å². The van der Waals surface area contributed by atoms with Crippen molar-refractivity contribution in [2.45, 2.75) is 124 Å². The number of hydrogen-bond acceptors (Lipinski definition) is 20. The van der Waals surface area contributed by atoms with Gasteiger partial charge in [-0.15, -0.1) is 0 Å². The van der Waals surface area contributed by atoms with Gasteiger partial charge in [-0.25, -0.2) is 0 Å². The lowest BCUT2D eigenvalue weighted by molar-refractivity contribution is -0.396. The van der Waals surface area contributed by atoms with E-state index in [1.165, 1.54) is 6.92 Å². The summed E-state index contributed by atoms with van der Waals surface area (Å²) in [6.07, 6.45) is -31.8. The molecule has 264 valence electrons. The zero-order valence-electron chi connectivity index (χ0n) is 24.0. The fourth-order valence-corrected chi connectivity index (χ4v) is 5.68. The van der Waals surface area contributed by atoms with Gasteiger partial charge in [-0.2, -0.15) is 0 Å². The molecule has 0 amide bonds. The van der Waals surface area contributed by atoms with Gasteiger partial charge in [0.25, 0.3) is 0 Å². The van der Waals surface area contributed by atoms with Gasteiger partial charge in [-0.3, -0.25) is 0 Å². The van der Waals surface area contributed by atoms with Crippen LogP contribution in [-0.2, 0) is 33.2 Å². The first kappa shape index (κ1) is 37.0. The molecule has 20 heteroatoms. The zero-order chi connectivity index (χ0) is 33.3. The highest BCUT2D eigenvalue weighted by molar-refractivity contribution is 4.97. The third-order valence-corrected chi connectivity index (χ3v) is 8.58. The van der Waals surface area contributed by atoms with Gasteiger partial charge in [0.2, 0.25) is 0 Å². The van der Waals surface area contributed by atoms with Crippen molar-refractivity contribution in [2.75, 3.05) is 26.4 Å². The van der Waals surface area contributed by atoms with Crippen molar-refractivity contribution >= 4 is 0 Å². The van der Waals surface area contributed by atoms with Gasteiger partial charge in [0.15, 0.2) is 25.2 Å². The third-order valence-electron chi connectivity index (χ3n) is 8.58. The van der Waals surface area contributed by atoms with Crippen molar-refractivity contribution in [3.63, 3.8) is 0 Å². The summed E-state index contributed by atoms with van der Waals surface area (Å²) in [5, 5.41) is 133. The normalized spacial score (nSPS) is 52.9. The minimum Gasteiger partial charge on any atom is -0.394 e. The number of aliphatic hydroxyl groups is 13. The SMILES string of the molecule is CC1C(CO)OC(OC2C(CO)OC(OC3C(CO)OC(OC4OC(CO)C(O)C(O)C4O)C(O)C3O)C(O)C2O)C(O)C1O. The van der Waals surface area contributed by atoms with Gasteiger partial charge >= 0.3 is 0 Å². The van der Waals surface area contributed by atoms with Crippen LogP contribution in [0.15, 0.2) is 0 Å². The smallest absolute Gasteiger partial charge is 0.189 e. The monoisotopic (exact) mass is 664 g/mol. The topological polar surface area (TPSA) is 328 Å². The van der Waals surface area contributed by atoms with Crippen molar-refractivity contribution in [3.8, 4) is 0 Å². The molecule has 0 aliphatic carbocycles. The summed E-state index contributed by atoms with van der Waals surface area (Å²) in [6.45, 7) is -1.51. The molecule has 4 rings (SSSR count). The van der Waals surface area contributed by atoms with Crippen LogP contribution >= 0.6 is 0 Å². The Morgan fingerprint density at radius 2 is 0.711 bits per heavy atom. The Morgan fingerprint density at radius 3 is 1.13 bits per heavy atom. The maximum atomic E-state index is 10.9. The second-order valence-corrected chi connectivity index (χ2v) is 11.5. The minimum absolute atomic E-state index is 0.533. The first-order valence-electron chi connectivity index (χ1n) is 14.4. The molecule has 20 atom stereocenters. The Balaban J connectivity index is 1.42. The first-order valence-corrected chi connectivity index (χ1v) is 14.4. The molecule has 0 bridgehead atoms. The summed E-state index contributed by atoms with van der Waals surface area (Å²) in [7, 11) is 0. The van der Waals surface area contributed by atoms with E-state index in [1.54, 1.807) is 0 Å². The lowest BCUT2D eigenvalue weighted by atomic mass is 9.91. The Bertz CT molecular complexity index is 910. The van der Waals surface area contributed by atoms with Crippen LogP contribution in [0.2, 0.25) is 0 Å². The maximum Gasteiger partial charge on any atom is 0.189 e. The van der Waals surface area contributed by atoms with Crippen LogP contribution in [0.4, 0.5) is 0 Å². The first-order chi connectivity index (χ1) is 21.3. The average molecular weight is 665 g/mol. The quantitative estimate of drug-likeness (QED) is 0.103. The molecular weight excluding hydrogens is 620 g/mol. The average Bonchev–Trinajstić information content (AvgIpc) is 3.03. The molecule has 4 saturated heterocycles. The fourth-order valence-electron chi connectivity index (χ4n) is 5.68. The van der Waals surface area contributed by atoms with E-state index in [0.717, 1.165) is 0 Å². The molecule has 0 aromatic carbocycles. The molecule has 0 saturated carbocycles. The number of ether oxygens (including phenoxy) is 7. The van der Waals surface area contributed by atoms with Crippen LogP contribution in [0.3, 0.4) is 0 Å². The van der Waals surface area contributed by atoms with E-state index in [9.17, 15) is 66.4 Å². The summed E-state index contributed by atoms with van der Waals surface area (Å²) in [6, 6.07) is 0. The largest absolute Gasteiger partial charge is 0.394 e. The highest BCUT2D eigenvalue weighted by Crippen LogP contribution is 2.34. The second-order valence-electron chi connectivity index (χ2n) is 11.5. The maximum absolute atomic E-state index is 10.9. The molecule has 0 spiro atoms. The van der Waals surface area contributed by atoms with Gasteiger partial charge in [-0.05, 0) is 0 Å². The van der Waals surface area contributed by atoms with Crippen molar-refractivity contribution in [2.24, 2.45) is 5.92 Å². The number of rotatable bonds is 10. The van der Waals surface area contributed by atoms with Gasteiger partial charge in [0.1, 0.15) is 79.4 Å². The van der Waals surface area contributed by atoms with E-state index in [1.807, 2.05) is 0 Å². The van der Waals surface area contributed by atoms with Crippen LogP contribution < -0.4 is 0 Å². The zero-order valence-corrected chi connectivity index (χ0v) is 24.0. The molecule has 20 nitrogen and oxygen atoms in total. The summed E-state index contributed by atoms with van der Waals surface area (Å²) in [5.41, 5.74) is 0. The van der Waals surface area contributed by atoms with Gasteiger partial charge < -0.3 is 99.5 Å². The number of hydrogen-bond donors (Lipinski definition) is 13. The summed E-state index contributed by atoms with van der Waals surface area (Å²) >= 11 is 0. The number of aliphatic hydroxyl groups excluding tert-OH is 13. The highest BCUT2D eigenvalue weighted by Gasteiger charge is 2.54. The molecule has 20 unspecified atom stereocenters. The van der Waals surface area contributed by atoms with E-state index >= 15 is 0 Å². The van der Waals surface area contributed by atoms with Crippen molar-refractivity contribution in [3.05, 3.63) is 0 Å². The summed E-state index contributed by atoms with van der Waals surface area (Å²) in [5.74, 6) is -0.685. The Kier molecular flexibility index (Phi) is 12.8. The molecule has 13 N–H and O–H groups in total. The lowest BCUT2D eigenvalue weighted by Gasteiger charge is -2.48. The molecule has 0 radical (unpaired) electrons. The van der Waals surface area contributed by atoms with Gasteiger partial charge in [0, 0.05) is 5.92 Å². The Labute approximate surface area is 256 Å². The Morgan fingerprint density at radius 1 is 0.378 bits per heavy atom. The minimum atomic E-state index is -1.99. The van der Waals surface area contributed by atoms with Gasteiger partial charge in [-0.1, -0.05) is 6.92 Å². The van der Waals surface area contributed by atoms with Gasteiger partial charge in [0.05, 0.1) is 38.6 Å². The molecule has 4 fully saturated rings. The fraction of sp³-hybridized carbons (Fsp3) is 1.00. The molecule has 4 heterocycles. The van der Waals surface area contributed by atoms with Crippen LogP contribution in [0, 0.1) is 5.92 Å². The third kappa shape index (κ3) is 7.45.